The Balaban J connectivity index is 1.75. The summed E-state index contributed by atoms with van der Waals surface area (Å²) in [5.41, 5.74) is 6.53. The predicted octanol–water partition coefficient (Wildman–Crippen LogP) is 3.43. The van der Waals surface area contributed by atoms with Crippen LogP contribution >= 0.6 is 0 Å². The first-order valence-electron chi connectivity index (χ1n) is 11.3. The lowest BCUT2D eigenvalue weighted by Crippen LogP contribution is -2.39. The molecule has 0 radical (unpaired) electrons. The van der Waals surface area contributed by atoms with Crippen LogP contribution in [-0.4, -0.2) is 48.1 Å². The number of hydrogen-bond donors (Lipinski definition) is 5. The maximum atomic E-state index is 15.1. The molecule has 39 heavy (non-hydrogen) atoms. The minimum Gasteiger partial charge on any atom is -0.465 e. The van der Waals surface area contributed by atoms with Gasteiger partial charge in [0.2, 0.25) is 0 Å². The van der Waals surface area contributed by atoms with E-state index in [4.69, 9.17) is 5.73 Å². The number of nitrogens with zero attached hydrogens (tertiary/aromatic N) is 5. The zero-order chi connectivity index (χ0) is 28.3. The number of halogens is 3. The fourth-order valence-corrected chi connectivity index (χ4v) is 3.82. The Morgan fingerprint density at radius 2 is 1.69 bits per heavy atom. The first kappa shape index (κ1) is 26.8. The van der Waals surface area contributed by atoms with E-state index < -0.39 is 47.4 Å². The molecule has 2 atom stereocenters. The number of amides is 2. The molecule has 0 aliphatic rings. The smallest absolute Gasteiger partial charge is 0.404 e. The Morgan fingerprint density at radius 3 is 2.31 bits per heavy atom. The second-order valence-electron chi connectivity index (χ2n) is 8.41. The SMILES string of the molecule is Cc1ncc(Nc2nc(N[C@@H](c3cc(F)cc(F)c3)[C@H](C)NC(=O)O)c(F)cc2C(N)=O)cc1-n1nccn1. The van der Waals surface area contributed by atoms with Gasteiger partial charge in [-0.25, -0.2) is 22.9 Å². The van der Waals surface area contributed by atoms with Crippen molar-refractivity contribution < 1.29 is 27.9 Å². The third-order valence-corrected chi connectivity index (χ3v) is 5.59. The first-order valence-corrected chi connectivity index (χ1v) is 11.3. The molecule has 0 saturated carbocycles. The predicted molar refractivity (Wildman–Crippen MR) is 133 cm³/mol. The summed E-state index contributed by atoms with van der Waals surface area (Å²) in [5, 5.41) is 25.0. The number of nitrogens with two attached hydrogens (primary N) is 1. The Morgan fingerprint density at radius 1 is 1.03 bits per heavy atom. The van der Waals surface area contributed by atoms with Crippen LogP contribution in [0.2, 0.25) is 0 Å². The number of pyridine rings is 2. The van der Waals surface area contributed by atoms with E-state index in [1.165, 1.54) is 30.3 Å². The molecule has 0 bridgehead atoms. The molecule has 0 unspecified atom stereocenters. The highest BCUT2D eigenvalue weighted by molar-refractivity contribution is 5.98. The topological polar surface area (TPSA) is 173 Å². The molecule has 3 heterocycles. The number of carbonyl (C=O) groups excluding carboxylic acids is 1. The van der Waals surface area contributed by atoms with Gasteiger partial charge in [0.05, 0.1) is 47.6 Å². The van der Waals surface area contributed by atoms with Crippen LogP contribution in [0.25, 0.3) is 5.69 Å². The largest absolute Gasteiger partial charge is 0.465 e. The van der Waals surface area contributed by atoms with Gasteiger partial charge in [0.15, 0.2) is 11.6 Å². The van der Waals surface area contributed by atoms with Crippen LogP contribution in [0.15, 0.2) is 48.9 Å². The Hall–Kier alpha value is -5.21. The van der Waals surface area contributed by atoms with Crippen molar-refractivity contribution in [1.82, 2.24) is 30.3 Å². The summed E-state index contributed by atoms with van der Waals surface area (Å²) in [6.07, 6.45) is 2.97. The minimum absolute atomic E-state index is 0.0254. The van der Waals surface area contributed by atoms with E-state index in [0.29, 0.717) is 23.1 Å². The molecule has 4 rings (SSSR count). The van der Waals surface area contributed by atoms with Gasteiger partial charge in [-0.05, 0) is 43.7 Å². The van der Waals surface area contributed by atoms with E-state index in [9.17, 15) is 23.5 Å². The van der Waals surface area contributed by atoms with Gasteiger partial charge in [0.1, 0.15) is 23.1 Å². The maximum absolute atomic E-state index is 15.1. The quantitative estimate of drug-likeness (QED) is 0.213. The number of carbonyl (C=O) groups is 2. The second-order valence-corrected chi connectivity index (χ2v) is 8.41. The number of nitrogens with one attached hydrogen (secondary N) is 3. The van der Waals surface area contributed by atoms with Gasteiger partial charge in [-0.2, -0.15) is 10.2 Å². The van der Waals surface area contributed by atoms with Crippen LogP contribution in [0.3, 0.4) is 0 Å². The maximum Gasteiger partial charge on any atom is 0.404 e. The highest BCUT2D eigenvalue weighted by atomic mass is 19.1. The molecule has 0 fully saturated rings. The molecule has 0 spiro atoms. The summed E-state index contributed by atoms with van der Waals surface area (Å²) in [7, 11) is 0. The van der Waals surface area contributed by atoms with Crippen molar-refractivity contribution in [2.75, 3.05) is 10.6 Å². The lowest BCUT2D eigenvalue weighted by Gasteiger charge is -2.27. The highest BCUT2D eigenvalue weighted by Gasteiger charge is 2.25. The standard InChI is InChI=1S/C24H22F3N9O3/c1-11-19(36-30-3-4-31-36)8-16(10-29-11)33-22-17(21(28)37)9-18(27)23(35-22)34-20(12(2)32-24(38)39)13-5-14(25)7-15(26)6-13/h3-10,12,20,32H,1-2H3,(H2,28,37)(H,38,39)(H2,33,34,35)/t12-,20+/m0/s1. The van der Waals surface area contributed by atoms with Gasteiger partial charge in [-0.3, -0.25) is 9.78 Å². The minimum atomic E-state index is -1.42. The average molecular weight is 541 g/mol. The molecule has 0 saturated heterocycles. The monoisotopic (exact) mass is 541 g/mol. The second kappa shape index (κ2) is 11.0. The van der Waals surface area contributed by atoms with E-state index in [-0.39, 0.29) is 16.9 Å². The van der Waals surface area contributed by atoms with Crippen molar-refractivity contribution in [1.29, 1.82) is 0 Å². The molecule has 6 N–H and O–H groups in total. The van der Waals surface area contributed by atoms with Crippen molar-refractivity contribution in [3.8, 4) is 5.69 Å². The van der Waals surface area contributed by atoms with Crippen LogP contribution < -0.4 is 21.7 Å². The molecule has 0 aliphatic heterocycles. The molecular formula is C24H22F3N9O3. The average Bonchev–Trinajstić information content (AvgIpc) is 3.38. The summed E-state index contributed by atoms with van der Waals surface area (Å²) in [4.78, 5) is 33.1. The number of anilines is 3. The van der Waals surface area contributed by atoms with Crippen LogP contribution in [0.1, 0.15) is 34.6 Å². The van der Waals surface area contributed by atoms with Crippen molar-refractivity contribution in [3.05, 3.63) is 83.2 Å². The molecule has 4 aromatic rings. The molecule has 0 aliphatic carbocycles. The summed E-state index contributed by atoms with van der Waals surface area (Å²) < 4.78 is 43.1. The van der Waals surface area contributed by atoms with Crippen LogP contribution in [-0.2, 0) is 0 Å². The van der Waals surface area contributed by atoms with Gasteiger partial charge in [-0.15, -0.1) is 4.80 Å². The van der Waals surface area contributed by atoms with Crippen LogP contribution in [0.4, 0.5) is 35.3 Å². The lowest BCUT2D eigenvalue weighted by atomic mass is 10.00. The number of aromatic nitrogens is 5. The van der Waals surface area contributed by atoms with E-state index in [1.54, 1.807) is 13.0 Å². The van der Waals surface area contributed by atoms with E-state index in [0.717, 1.165) is 18.2 Å². The summed E-state index contributed by atoms with van der Waals surface area (Å²) in [6.45, 7) is 3.14. The Labute approximate surface area is 219 Å². The first-order chi connectivity index (χ1) is 18.5. The number of primary amides is 1. The summed E-state index contributed by atoms with van der Waals surface area (Å²) in [5.74, 6) is -4.48. The van der Waals surface area contributed by atoms with Crippen molar-refractivity contribution >= 4 is 29.3 Å². The molecule has 2 amide bonds. The highest BCUT2D eigenvalue weighted by Crippen LogP contribution is 2.29. The molecular weight excluding hydrogens is 519 g/mol. The fourth-order valence-electron chi connectivity index (χ4n) is 3.82. The van der Waals surface area contributed by atoms with Crippen molar-refractivity contribution in [3.63, 3.8) is 0 Å². The lowest BCUT2D eigenvalue weighted by molar-refractivity contribution is 0.1000. The summed E-state index contributed by atoms with van der Waals surface area (Å²) >= 11 is 0. The molecule has 15 heteroatoms. The zero-order valence-electron chi connectivity index (χ0n) is 20.5. The van der Waals surface area contributed by atoms with Gasteiger partial charge in [-0.1, -0.05) is 0 Å². The third kappa shape index (κ3) is 6.20. The number of aryl methyl sites for hydroxylation is 1. The molecule has 202 valence electrons. The third-order valence-electron chi connectivity index (χ3n) is 5.59. The van der Waals surface area contributed by atoms with Crippen LogP contribution in [0, 0.1) is 24.4 Å². The Kier molecular flexibility index (Phi) is 7.60. The number of benzene rings is 1. The number of hydrogen-bond acceptors (Lipinski definition) is 8. The summed E-state index contributed by atoms with van der Waals surface area (Å²) in [6, 6.07) is 2.83. The van der Waals surface area contributed by atoms with Gasteiger partial charge in [0.25, 0.3) is 5.91 Å². The number of carboxylic acid groups (broad SMARTS) is 1. The Bertz CT molecular complexity index is 1510. The van der Waals surface area contributed by atoms with E-state index in [2.05, 4.69) is 36.1 Å². The molecule has 1 aromatic carbocycles. The van der Waals surface area contributed by atoms with Crippen molar-refractivity contribution in [2.45, 2.75) is 25.9 Å². The van der Waals surface area contributed by atoms with E-state index in [1.807, 2.05) is 0 Å². The van der Waals surface area contributed by atoms with Crippen LogP contribution in [0.5, 0.6) is 0 Å². The zero-order valence-corrected chi connectivity index (χ0v) is 20.5. The molecule has 12 nitrogen and oxygen atoms in total. The van der Waals surface area contributed by atoms with E-state index >= 15 is 4.39 Å². The number of rotatable bonds is 9. The van der Waals surface area contributed by atoms with Gasteiger partial charge in [0, 0.05) is 6.07 Å². The van der Waals surface area contributed by atoms with Gasteiger partial charge >= 0.3 is 6.09 Å². The van der Waals surface area contributed by atoms with Crippen molar-refractivity contribution in [2.24, 2.45) is 5.73 Å². The fraction of sp³-hybridized carbons (Fsp3) is 0.167. The molecule has 3 aromatic heterocycles. The van der Waals surface area contributed by atoms with Gasteiger partial charge < -0.3 is 26.8 Å². The normalized spacial score (nSPS) is 12.4.